The van der Waals surface area contributed by atoms with Crippen LogP contribution in [0.1, 0.15) is 12.8 Å². The zero-order valence-electron chi connectivity index (χ0n) is 14.6. The van der Waals surface area contributed by atoms with Crippen LogP contribution in [0.15, 0.2) is 29.0 Å². The molecule has 4 heterocycles. The Balaban J connectivity index is 1.49. The molecule has 7 heteroatoms. The first-order valence-corrected chi connectivity index (χ1v) is 8.90. The number of likely N-dealkylation sites (N-methyl/N-ethyl adjacent to an activating group) is 1. The van der Waals surface area contributed by atoms with Gasteiger partial charge in [0.25, 0.3) is 0 Å². The highest BCUT2D eigenvalue weighted by molar-refractivity contribution is 5.88. The van der Waals surface area contributed by atoms with Crippen LogP contribution >= 0.6 is 0 Å². The SMILES string of the molecule is CN(C(=O)N1CCOCC1)C1CCCN(c2nccc3occc23)C1. The molecule has 1 atom stereocenters. The van der Waals surface area contributed by atoms with Gasteiger partial charge in [-0.25, -0.2) is 9.78 Å². The number of amides is 2. The summed E-state index contributed by atoms with van der Waals surface area (Å²) in [6.07, 6.45) is 5.55. The molecule has 134 valence electrons. The van der Waals surface area contributed by atoms with Crippen molar-refractivity contribution in [2.24, 2.45) is 0 Å². The lowest BCUT2D eigenvalue weighted by molar-refractivity contribution is 0.0414. The lowest BCUT2D eigenvalue weighted by Gasteiger charge is -2.40. The number of hydrogen-bond acceptors (Lipinski definition) is 5. The molecule has 2 fully saturated rings. The average Bonchev–Trinajstić information content (AvgIpc) is 3.16. The molecular weight excluding hydrogens is 320 g/mol. The van der Waals surface area contributed by atoms with Crippen LogP contribution in [0, 0.1) is 0 Å². The number of anilines is 1. The lowest BCUT2D eigenvalue weighted by Crippen LogP contribution is -2.54. The molecule has 25 heavy (non-hydrogen) atoms. The van der Waals surface area contributed by atoms with Crippen LogP contribution in [0.25, 0.3) is 11.0 Å². The van der Waals surface area contributed by atoms with Gasteiger partial charge in [-0.05, 0) is 25.0 Å². The second kappa shape index (κ2) is 6.92. The predicted octanol–water partition coefficient (Wildman–Crippen LogP) is 2.18. The number of furan rings is 1. The highest BCUT2D eigenvalue weighted by Crippen LogP contribution is 2.28. The van der Waals surface area contributed by atoms with Gasteiger partial charge in [-0.15, -0.1) is 0 Å². The van der Waals surface area contributed by atoms with Crippen molar-refractivity contribution in [1.82, 2.24) is 14.8 Å². The Kier molecular flexibility index (Phi) is 4.48. The number of carbonyl (C=O) groups excluding carboxylic acids is 1. The minimum Gasteiger partial charge on any atom is -0.464 e. The van der Waals surface area contributed by atoms with Crippen molar-refractivity contribution < 1.29 is 13.9 Å². The van der Waals surface area contributed by atoms with Crippen molar-refractivity contribution in [2.75, 3.05) is 51.3 Å². The summed E-state index contributed by atoms with van der Waals surface area (Å²) >= 11 is 0. The van der Waals surface area contributed by atoms with Crippen LogP contribution in [0.4, 0.5) is 10.6 Å². The molecule has 0 bridgehead atoms. The maximum Gasteiger partial charge on any atom is 0.320 e. The van der Waals surface area contributed by atoms with E-state index >= 15 is 0 Å². The van der Waals surface area contributed by atoms with Crippen LogP contribution in [0.5, 0.6) is 0 Å². The summed E-state index contributed by atoms with van der Waals surface area (Å²) < 4.78 is 10.8. The molecule has 2 amide bonds. The maximum absolute atomic E-state index is 12.8. The van der Waals surface area contributed by atoms with Crippen molar-refractivity contribution in [1.29, 1.82) is 0 Å². The Morgan fingerprint density at radius 3 is 2.96 bits per heavy atom. The topological polar surface area (TPSA) is 62.1 Å². The molecule has 4 rings (SSSR count). The minimum atomic E-state index is 0.102. The monoisotopic (exact) mass is 344 g/mol. The average molecular weight is 344 g/mol. The molecule has 2 aliphatic heterocycles. The number of morpholine rings is 1. The minimum absolute atomic E-state index is 0.102. The van der Waals surface area contributed by atoms with Crippen molar-refractivity contribution in [3.63, 3.8) is 0 Å². The zero-order chi connectivity index (χ0) is 17.2. The van der Waals surface area contributed by atoms with Crippen LogP contribution in [-0.2, 0) is 4.74 Å². The second-order valence-corrected chi connectivity index (χ2v) is 6.70. The fourth-order valence-corrected chi connectivity index (χ4v) is 3.73. The Morgan fingerprint density at radius 2 is 2.12 bits per heavy atom. The first-order chi connectivity index (χ1) is 12.2. The zero-order valence-corrected chi connectivity index (χ0v) is 14.6. The lowest BCUT2D eigenvalue weighted by atomic mass is 10.0. The molecule has 2 saturated heterocycles. The molecule has 1 unspecified atom stereocenters. The molecule has 0 saturated carbocycles. The molecule has 2 aliphatic rings. The summed E-state index contributed by atoms with van der Waals surface area (Å²) in [5.41, 5.74) is 0.852. The van der Waals surface area contributed by atoms with E-state index in [2.05, 4.69) is 9.88 Å². The number of urea groups is 1. The van der Waals surface area contributed by atoms with Crippen LogP contribution < -0.4 is 4.90 Å². The summed E-state index contributed by atoms with van der Waals surface area (Å²) in [5.74, 6) is 0.947. The number of ether oxygens (including phenoxy) is 1. The van der Waals surface area contributed by atoms with E-state index in [0.29, 0.717) is 26.3 Å². The smallest absolute Gasteiger partial charge is 0.320 e. The number of aromatic nitrogens is 1. The molecule has 0 aliphatic carbocycles. The second-order valence-electron chi connectivity index (χ2n) is 6.70. The van der Waals surface area contributed by atoms with Gasteiger partial charge in [-0.1, -0.05) is 0 Å². The summed E-state index contributed by atoms with van der Waals surface area (Å²) in [4.78, 5) is 23.4. The third-order valence-corrected chi connectivity index (χ3v) is 5.19. The van der Waals surface area contributed by atoms with Gasteiger partial charge in [-0.2, -0.15) is 0 Å². The highest BCUT2D eigenvalue weighted by Gasteiger charge is 2.30. The van der Waals surface area contributed by atoms with E-state index in [1.54, 1.807) is 12.5 Å². The van der Waals surface area contributed by atoms with Gasteiger partial charge < -0.3 is 23.9 Å². The molecule has 0 N–H and O–H groups in total. The van der Waals surface area contributed by atoms with E-state index < -0.39 is 0 Å². The first-order valence-electron chi connectivity index (χ1n) is 8.90. The van der Waals surface area contributed by atoms with E-state index in [1.807, 2.05) is 29.0 Å². The Labute approximate surface area is 147 Å². The molecule has 7 nitrogen and oxygen atoms in total. The number of nitrogens with zero attached hydrogens (tertiary/aromatic N) is 4. The largest absolute Gasteiger partial charge is 0.464 e. The number of hydrogen-bond donors (Lipinski definition) is 0. The van der Waals surface area contributed by atoms with E-state index in [-0.39, 0.29) is 12.1 Å². The number of rotatable bonds is 2. The van der Waals surface area contributed by atoms with Crippen molar-refractivity contribution >= 4 is 22.8 Å². The summed E-state index contributed by atoms with van der Waals surface area (Å²) in [6, 6.07) is 4.13. The Morgan fingerprint density at radius 1 is 1.28 bits per heavy atom. The highest BCUT2D eigenvalue weighted by atomic mass is 16.5. The quantitative estimate of drug-likeness (QED) is 0.836. The molecule has 0 aromatic carbocycles. The van der Waals surface area contributed by atoms with Crippen molar-refractivity contribution in [3.8, 4) is 0 Å². The predicted molar refractivity (Wildman–Crippen MR) is 94.8 cm³/mol. The van der Waals surface area contributed by atoms with Gasteiger partial charge in [0, 0.05) is 39.4 Å². The van der Waals surface area contributed by atoms with E-state index in [0.717, 1.165) is 42.7 Å². The summed E-state index contributed by atoms with van der Waals surface area (Å²) in [5, 5.41) is 1.03. The number of piperidine rings is 1. The third-order valence-electron chi connectivity index (χ3n) is 5.19. The molecule has 0 spiro atoms. The van der Waals surface area contributed by atoms with E-state index in [1.165, 1.54) is 0 Å². The van der Waals surface area contributed by atoms with Crippen LogP contribution in [0.2, 0.25) is 0 Å². The molecular formula is C18H24N4O3. The van der Waals surface area contributed by atoms with Gasteiger partial charge >= 0.3 is 6.03 Å². The fourth-order valence-electron chi connectivity index (χ4n) is 3.73. The van der Waals surface area contributed by atoms with E-state index in [4.69, 9.17) is 9.15 Å². The van der Waals surface area contributed by atoms with Crippen molar-refractivity contribution in [3.05, 3.63) is 24.6 Å². The summed E-state index contributed by atoms with van der Waals surface area (Å²) in [6.45, 7) is 4.35. The third kappa shape index (κ3) is 3.16. The molecule has 0 radical (unpaired) electrons. The van der Waals surface area contributed by atoms with Crippen molar-refractivity contribution in [2.45, 2.75) is 18.9 Å². The van der Waals surface area contributed by atoms with Gasteiger partial charge in [0.15, 0.2) is 0 Å². The normalized spacial score (nSPS) is 21.6. The first kappa shape index (κ1) is 16.2. The van der Waals surface area contributed by atoms with Gasteiger partial charge in [0.05, 0.1) is 30.9 Å². The Bertz CT molecular complexity index is 741. The van der Waals surface area contributed by atoms with Gasteiger partial charge in [0.1, 0.15) is 11.4 Å². The fraction of sp³-hybridized carbons (Fsp3) is 0.556. The number of pyridine rings is 1. The number of carbonyl (C=O) groups is 1. The number of fused-ring (bicyclic) bond motifs is 1. The summed E-state index contributed by atoms with van der Waals surface area (Å²) in [7, 11) is 1.91. The Hall–Kier alpha value is -2.28. The molecule has 2 aromatic heterocycles. The van der Waals surface area contributed by atoms with Gasteiger partial charge in [0.2, 0.25) is 0 Å². The van der Waals surface area contributed by atoms with Crippen LogP contribution in [0.3, 0.4) is 0 Å². The van der Waals surface area contributed by atoms with E-state index in [9.17, 15) is 4.79 Å². The maximum atomic E-state index is 12.8. The van der Waals surface area contributed by atoms with Gasteiger partial charge in [-0.3, -0.25) is 0 Å². The van der Waals surface area contributed by atoms with Crippen LogP contribution in [-0.4, -0.2) is 73.3 Å². The standard InChI is InChI=1S/C18H24N4O3/c1-20(18(23)21-8-11-24-12-9-21)14-3-2-7-22(13-14)17-15-5-10-25-16(15)4-6-19-17/h4-6,10,14H,2-3,7-9,11-13H2,1H3. The molecule has 2 aromatic rings.